The van der Waals surface area contributed by atoms with Crippen LogP contribution in [0.5, 0.6) is 0 Å². The molecule has 3 amide bonds. The van der Waals surface area contributed by atoms with Gasteiger partial charge in [-0.1, -0.05) is 0 Å². The first-order valence-corrected chi connectivity index (χ1v) is 22.7. The summed E-state index contributed by atoms with van der Waals surface area (Å²) < 4.78 is 60.4. The predicted molar refractivity (Wildman–Crippen MR) is 223 cm³/mol. The minimum absolute atomic E-state index is 0.116. The highest BCUT2D eigenvalue weighted by atomic mass is 16.8. The molecule has 10 unspecified atom stereocenters. The number of nitrogens with two attached hydrogens (primary N) is 1. The van der Waals surface area contributed by atoms with Gasteiger partial charge in [-0.15, -0.1) is 0 Å². The molecule has 5 aliphatic heterocycles. The van der Waals surface area contributed by atoms with Gasteiger partial charge in [-0.05, 0) is 46.6 Å². The number of aliphatic hydroxyl groups excluding tert-OH is 8. The molecule has 5 fully saturated rings. The number of ether oxygens (including phenoxy) is 10. The van der Waals surface area contributed by atoms with E-state index in [1.807, 2.05) is 0 Å². The summed E-state index contributed by atoms with van der Waals surface area (Å²) in [4.78, 5) is 64.6. The zero-order valence-electron chi connectivity index (χ0n) is 38.8. The smallest absolute Gasteiger partial charge is 0.335 e. The molecule has 0 radical (unpaired) electrons. The molecule has 0 aliphatic carbocycles. The molecule has 0 aromatic heterocycles. The zero-order valence-corrected chi connectivity index (χ0v) is 38.8. The standard InChI is InChI=1S/C41H68N4O24/c1-13-23(50)26(53)20(43-16(4)47)38(62-13)69-35-29(56)28(55)34(36(58)59)68-41(35)67-33-22(45-18(6)49)39(63-15(3)31(33)65-40-30(57)27(54)25(52)19(12-46)64-40)66-32-21(44-17(5)48)37(61-14(2)24(32)51)60-11-9-7-8-10-42/h13-15,19-23,25-35,37-41,46,50,52-57H,7-12,42H2,1-6H3,(H,43,47)(H,44,48)(H,45,49)(H,58,59)/t13?,14?,15?,19?,20-,21-,22-,23+,25+,26?,27?,28-,29?,30-,31+,32?,33?,34?,35-,37+,38-,39-,40-,41+/m0/s1. The second-order valence-corrected chi connectivity index (χ2v) is 17.6. The van der Waals surface area contributed by atoms with Gasteiger partial charge in [-0.25, -0.2) is 4.79 Å². The number of hydrogen-bond donors (Lipinski definition) is 13. The fourth-order valence-electron chi connectivity index (χ4n) is 8.67. The SMILES string of the molecule is CC(=O)N[C@H]1C(O[C@@H]2OC(C)[C@@H](O[C@@H]3OC(CO)[C@@H](O)C(O)[C@@H]3O)C(O[C@@H]3OC(C(=O)O)[C@@H](O)C(O)[C@@H]3O[C@@H]3OC(C)[C@@H](O)C(O)[C@@H]3NC(C)=O)[C@@H]2NC(C)=O)C(=O)C(C)O[C@H]1OCCCCCN. The third-order valence-corrected chi connectivity index (χ3v) is 12.3. The Balaban J connectivity index is 1.60. The molecule has 396 valence electrons. The van der Waals surface area contributed by atoms with Crippen LogP contribution < -0.4 is 21.7 Å². The molecule has 28 nitrogen and oxygen atoms in total. The highest BCUT2D eigenvalue weighted by Crippen LogP contribution is 2.37. The molecule has 0 spiro atoms. The van der Waals surface area contributed by atoms with Crippen molar-refractivity contribution in [3.8, 4) is 0 Å². The van der Waals surface area contributed by atoms with Gasteiger partial charge in [-0.2, -0.15) is 0 Å². The van der Waals surface area contributed by atoms with Crippen molar-refractivity contribution >= 4 is 29.5 Å². The number of nitrogens with one attached hydrogen (secondary N) is 3. The zero-order chi connectivity index (χ0) is 51.2. The Kier molecular flexibility index (Phi) is 20.5. The number of Topliss-reactive ketones (excluding diaryl/α,β-unsaturated/α-hetero) is 1. The fourth-order valence-corrected chi connectivity index (χ4v) is 8.67. The molecule has 5 saturated heterocycles. The van der Waals surface area contributed by atoms with Crippen molar-refractivity contribution in [1.82, 2.24) is 16.0 Å². The number of carbonyl (C=O) groups excluding carboxylic acids is 4. The molecule has 14 N–H and O–H groups in total. The number of carboxylic acids is 1. The summed E-state index contributed by atoms with van der Waals surface area (Å²) in [5, 5.41) is 104. The van der Waals surface area contributed by atoms with E-state index in [4.69, 9.17) is 53.1 Å². The van der Waals surface area contributed by atoms with Gasteiger partial charge in [0.25, 0.3) is 0 Å². The van der Waals surface area contributed by atoms with Gasteiger partial charge < -0.3 is 115 Å². The molecule has 0 aromatic carbocycles. The summed E-state index contributed by atoms with van der Waals surface area (Å²) in [6.07, 6.45) is -35.6. The lowest BCUT2D eigenvalue weighted by molar-refractivity contribution is -0.385. The van der Waals surface area contributed by atoms with E-state index in [0.29, 0.717) is 25.8 Å². The highest BCUT2D eigenvalue weighted by Gasteiger charge is 2.58. The van der Waals surface area contributed by atoms with E-state index >= 15 is 0 Å². The Hall–Kier alpha value is -3.21. The summed E-state index contributed by atoms with van der Waals surface area (Å²) in [7, 11) is 0. The van der Waals surface area contributed by atoms with Crippen molar-refractivity contribution in [2.45, 2.75) is 208 Å². The molecule has 5 heterocycles. The van der Waals surface area contributed by atoms with E-state index in [0.717, 1.165) is 13.8 Å². The first-order valence-electron chi connectivity index (χ1n) is 22.7. The quantitative estimate of drug-likeness (QED) is 0.0535. The molecule has 0 bridgehead atoms. The summed E-state index contributed by atoms with van der Waals surface area (Å²) >= 11 is 0. The Labute approximate surface area is 395 Å². The Morgan fingerprint density at radius 1 is 0.565 bits per heavy atom. The van der Waals surface area contributed by atoms with Crippen LogP contribution in [0.2, 0.25) is 0 Å². The number of rotatable bonds is 19. The largest absolute Gasteiger partial charge is 0.479 e. The molecule has 5 aliphatic rings. The lowest BCUT2D eigenvalue weighted by Gasteiger charge is -2.51. The fraction of sp³-hybridized carbons (Fsp3) is 0.878. The average molecular weight is 1000 g/mol. The Morgan fingerprint density at radius 3 is 1.75 bits per heavy atom. The normalized spacial score (nSPS) is 44.0. The van der Waals surface area contributed by atoms with Gasteiger partial charge in [0, 0.05) is 27.4 Å². The minimum Gasteiger partial charge on any atom is -0.479 e. The van der Waals surface area contributed by atoms with E-state index in [1.165, 1.54) is 27.7 Å². The molecule has 0 saturated carbocycles. The summed E-state index contributed by atoms with van der Waals surface area (Å²) in [5.41, 5.74) is 5.62. The number of carbonyl (C=O) groups is 5. The van der Waals surface area contributed by atoms with Crippen LogP contribution in [-0.4, -0.2) is 242 Å². The molecule has 5 rings (SSSR count). The van der Waals surface area contributed by atoms with Crippen LogP contribution in [0.1, 0.15) is 60.8 Å². The number of hydrogen-bond acceptors (Lipinski definition) is 24. The van der Waals surface area contributed by atoms with Crippen molar-refractivity contribution in [3.63, 3.8) is 0 Å². The molecular weight excluding hydrogens is 932 g/mol. The van der Waals surface area contributed by atoms with Crippen molar-refractivity contribution in [3.05, 3.63) is 0 Å². The van der Waals surface area contributed by atoms with E-state index in [9.17, 15) is 69.9 Å². The summed E-state index contributed by atoms with van der Waals surface area (Å²) in [6, 6.07) is -4.66. The van der Waals surface area contributed by atoms with Crippen molar-refractivity contribution in [2.24, 2.45) is 5.73 Å². The van der Waals surface area contributed by atoms with Crippen LogP contribution in [-0.2, 0) is 71.3 Å². The number of aliphatic carboxylic acids is 1. The number of ketones is 1. The van der Waals surface area contributed by atoms with Crippen LogP contribution >= 0.6 is 0 Å². The summed E-state index contributed by atoms with van der Waals surface area (Å²) in [5.74, 6) is -4.71. The van der Waals surface area contributed by atoms with E-state index < -0.39 is 183 Å². The maximum Gasteiger partial charge on any atom is 0.335 e. The van der Waals surface area contributed by atoms with Gasteiger partial charge in [0.15, 0.2) is 43.3 Å². The predicted octanol–water partition coefficient (Wildman–Crippen LogP) is -6.96. The lowest BCUT2D eigenvalue weighted by Crippen LogP contribution is -2.71. The van der Waals surface area contributed by atoms with Crippen LogP contribution in [0.3, 0.4) is 0 Å². The molecule has 0 aromatic rings. The van der Waals surface area contributed by atoms with Crippen LogP contribution in [0.4, 0.5) is 0 Å². The van der Waals surface area contributed by atoms with Gasteiger partial charge in [0.2, 0.25) is 17.7 Å². The van der Waals surface area contributed by atoms with E-state index in [2.05, 4.69) is 16.0 Å². The molecule has 28 heteroatoms. The Bertz CT molecular complexity index is 1740. The van der Waals surface area contributed by atoms with Gasteiger partial charge >= 0.3 is 5.97 Å². The minimum atomic E-state index is -2.27. The first-order chi connectivity index (χ1) is 32.5. The third kappa shape index (κ3) is 13.5. The van der Waals surface area contributed by atoms with Gasteiger partial charge in [-0.3, -0.25) is 19.2 Å². The van der Waals surface area contributed by atoms with Crippen molar-refractivity contribution in [1.29, 1.82) is 0 Å². The number of amides is 3. The Morgan fingerprint density at radius 2 is 1.14 bits per heavy atom. The van der Waals surface area contributed by atoms with E-state index in [1.54, 1.807) is 0 Å². The highest BCUT2D eigenvalue weighted by molar-refractivity contribution is 5.89. The van der Waals surface area contributed by atoms with Crippen LogP contribution in [0.25, 0.3) is 0 Å². The van der Waals surface area contributed by atoms with Crippen LogP contribution in [0.15, 0.2) is 0 Å². The first kappa shape index (κ1) is 56.7. The van der Waals surface area contributed by atoms with Gasteiger partial charge in [0.1, 0.15) is 97.5 Å². The summed E-state index contributed by atoms with van der Waals surface area (Å²) in [6.45, 7) is 7.08. The molecule has 24 atom stereocenters. The monoisotopic (exact) mass is 1000 g/mol. The van der Waals surface area contributed by atoms with Crippen molar-refractivity contribution < 1.29 is 117 Å². The topological polar surface area (TPSA) is 422 Å². The average Bonchev–Trinajstić information content (AvgIpc) is 3.28. The molecule has 69 heavy (non-hydrogen) atoms. The number of unbranched alkanes of at least 4 members (excludes halogenated alkanes) is 2. The molecular formula is C41H68N4O24. The maximum absolute atomic E-state index is 14.0. The van der Waals surface area contributed by atoms with E-state index in [-0.39, 0.29) is 6.61 Å². The van der Waals surface area contributed by atoms with Gasteiger partial charge in [0.05, 0.1) is 18.8 Å². The third-order valence-electron chi connectivity index (χ3n) is 12.3. The maximum atomic E-state index is 14.0. The van der Waals surface area contributed by atoms with Crippen molar-refractivity contribution in [2.75, 3.05) is 19.8 Å². The second kappa shape index (κ2) is 25.0. The second-order valence-electron chi connectivity index (χ2n) is 17.6. The number of aliphatic hydroxyl groups is 8. The number of carboxylic acid groups (broad SMARTS) is 1. The lowest BCUT2D eigenvalue weighted by atomic mass is 9.93. The van der Waals surface area contributed by atoms with Crippen LogP contribution in [0, 0.1) is 0 Å².